The van der Waals surface area contributed by atoms with Crippen molar-refractivity contribution in [3.8, 4) is 17.1 Å². The second kappa shape index (κ2) is 13.2. The highest BCUT2D eigenvalue weighted by Crippen LogP contribution is 2.32. The van der Waals surface area contributed by atoms with Gasteiger partial charge >= 0.3 is 12.1 Å². The Labute approximate surface area is 245 Å². The van der Waals surface area contributed by atoms with E-state index in [1.807, 2.05) is 65.0 Å². The highest BCUT2D eigenvalue weighted by molar-refractivity contribution is 8.00. The predicted octanol–water partition coefficient (Wildman–Crippen LogP) is 7.04. The molecule has 1 unspecified atom stereocenters. The van der Waals surface area contributed by atoms with Gasteiger partial charge in [-0.05, 0) is 88.2 Å². The van der Waals surface area contributed by atoms with Gasteiger partial charge in [0.2, 0.25) is 11.8 Å². The van der Waals surface area contributed by atoms with E-state index < -0.39 is 17.7 Å². The van der Waals surface area contributed by atoms with Gasteiger partial charge in [0, 0.05) is 16.5 Å². The Bertz CT molecular complexity index is 1370. The number of rotatable bonds is 11. The molecule has 0 bridgehead atoms. The number of aryl methyl sites for hydroxylation is 2. The number of carbonyl (C=O) groups is 2. The van der Waals surface area contributed by atoms with Crippen LogP contribution in [0.5, 0.6) is 5.88 Å². The molecule has 3 N–H and O–H groups in total. The van der Waals surface area contributed by atoms with Crippen LogP contribution in [0, 0.1) is 19.8 Å². The molecule has 0 saturated heterocycles. The number of carboxylic acids is 1. The van der Waals surface area contributed by atoms with Crippen molar-refractivity contribution in [3.05, 3.63) is 65.2 Å². The predicted molar refractivity (Wildman–Crippen MR) is 160 cm³/mol. The summed E-state index contributed by atoms with van der Waals surface area (Å²) in [4.78, 5) is 34.0. The van der Waals surface area contributed by atoms with Gasteiger partial charge in [-0.3, -0.25) is 4.72 Å². The fourth-order valence-electron chi connectivity index (χ4n) is 4.65. The Kier molecular flexibility index (Phi) is 9.75. The Morgan fingerprint density at radius 3 is 2.41 bits per heavy atom. The number of alkyl carbamates (subject to hydrolysis) is 1. The summed E-state index contributed by atoms with van der Waals surface area (Å²) in [5, 5.41) is 12.3. The molecule has 1 heterocycles. The zero-order valence-corrected chi connectivity index (χ0v) is 25.0. The van der Waals surface area contributed by atoms with E-state index in [1.165, 1.54) is 18.4 Å². The van der Waals surface area contributed by atoms with Gasteiger partial charge in [0.05, 0.1) is 17.3 Å². The van der Waals surface area contributed by atoms with Crippen LogP contribution < -0.4 is 14.8 Å². The van der Waals surface area contributed by atoms with Crippen LogP contribution in [0.2, 0.25) is 0 Å². The van der Waals surface area contributed by atoms with Gasteiger partial charge in [0.15, 0.2) is 0 Å². The average molecular weight is 579 g/mol. The van der Waals surface area contributed by atoms with Crippen molar-refractivity contribution in [1.82, 2.24) is 15.3 Å². The minimum atomic E-state index is -0.993. The van der Waals surface area contributed by atoms with E-state index in [1.54, 1.807) is 18.2 Å². The molecule has 1 aromatic heterocycles. The minimum absolute atomic E-state index is 0.195. The summed E-state index contributed by atoms with van der Waals surface area (Å²) < 4.78 is 14.8. The number of amides is 1. The zero-order chi connectivity index (χ0) is 29.6. The number of hydrogen-bond donors (Lipinski definition) is 3. The largest absolute Gasteiger partial charge is 0.478 e. The molecule has 1 amide bonds. The van der Waals surface area contributed by atoms with Gasteiger partial charge in [-0.25, -0.2) is 14.6 Å². The Balaban J connectivity index is 1.57. The maximum Gasteiger partial charge on any atom is 0.407 e. The normalized spacial score (nSPS) is 14.1. The van der Waals surface area contributed by atoms with Crippen molar-refractivity contribution >= 4 is 30.0 Å². The first kappa shape index (κ1) is 30.2. The van der Waals surface area contributed by atoms with Crippen LogP contribution in [0.15, 0.2) is 53.4 Å². The van der Waals surface area contributed by atoms with Crippen molar-refractivity contribution in [2.24, 2.45) is 5.92 Å². The van der Waals surface area contributed by atoms with Gasteiger partial charge in [-0.1, -0.05) is 43.5 Å². The van der Waals surface area contributed by atoms with Crippen LogP contribution in [0.25, 0.3) is 11.3 Å². The summed E-state index contributed by atoms with van der Waals surface area (Å²) in [7, 11) is 0. The van der Waals surface area contributed by atoms with Crippen LogP contribution in [-0.2, 0) is 4.74 Å². The second-order valence-electron chi connectivity index (χ2n) is 11.4. The van der Waals surface area contributed by atoms with E-state index in [0.717, 1.165) is 36.0 Å². The Hall–Kier alpha value is -3.79. The van der Waals surface area contributed by atoms with Crippen molar-refractivity contribution in [2.45, 2.75) is 76.8 Å². The first-order chi connectivity index (χ1) is 19.5. The van der Waals surface area contributed by atoms with Gasteiger partial charge in [-0.15, -0.1) is 0 Å². The first-order valence-electron chi connectivity index (χ1n) is 13.8. The topological polar surface area (TPSA) is 123 Å². The van der Waals surface area contributed by atoms with Crippen LogP contribution in [0.1, 0.15) is 67.9 Å². The summed E-state index contributed by atoms with van der Waals surface area (Å²) in [6.45, 7) is 9.80. The van der Waals surface area contributed by atoms with Crippen molar-refractivity contribution in [1.29, 1.82) is 0 Å². The number of benzene rings is 2. The van der Waals surface area contributed by atoms with Gasteiger partial charge < -0.3 is 19.9 Å². The second-order valence-corrected chi connectivity index (χ2v) is 12.3. The van der Waals surface area contributed by atoms with Crippen molar-refractivity contribution in [2.75, 3.05) is 11.3 Å². The zero-order valence-electron chi connectivity index (χ0n) is 24.2. The summed E-state index contributed by atoms with van der Waals surface area (Å²) in [6.07, 6.45) is 3.83. The molecule has 1 aliphatic carbocycles. The first-order valence-corrected chi connectivity index (χ1v) is 14.6. The summed E-state index contributed by atoms with van der Waals surface area (Å²) >= 11 is 1.22. The number of carbonyl (C=O) groups excluding carboxylic acids is 1. The molecule has 41 heavy (non-hydrogen) atoms. The lowest BCUT2D eigenvalue weighted by Gasteiger charge is -2.30. The van der Waals surface area contributed by atoms with E-state index in [0.29, 0.717) is 28.3 Å². The number of carboxylic acid groups (broad SMARTS) is 1. The number of aromatic carboxylic acids is 1. The fourth-order valence-corrected chi connectivity index (χ4v) is 5.28. The summed E-state index contributed by atoms with van der Waals surface area (Å²) in [5.41, 5.74) is 3.41. The maximum atomic E-state index is 12.6. The minimum Gasteiger partial charge on any atom is -0.478 e. The number of nitrogens with one attached hydrogen (secondary N) is 2. The number of nitrogens with zero attached hydrogens (tertiary/aromatic N) is 2. The molecule has 0 radical (unpaired) electrons. The monoisotopic (exact) mass is 578 g/mol. The maximum absolute atomic E-state index is 12.6. The van der Waals surface area contributed by atoms with Crippen LogP contribution in [0.3, 0.4) is 0 Å². The van der Waals surface area contributed by atoms with E-state index in [9.17, 15) is 14.7 Å². The fraction of sp³-hybridized carbons (Fsp3) is 0.419. The molecule has 10 heteroatoms. The molecule has 1 aliphatic rings. The quantitative estimate of drug-likeness (QED) is 0.206. The van der Waals surface area contributed by atoms with Gasteiger partial charge in [0.25, 0.3) is 0 Å². The number of ether oxygens (including phenoxy) is 2. The lowest BCUT2D eigenvalue weighted by molar-refractivity contribution is 0.0469. The standard InChI is InChI=1S/C31H38N4O5S/c1-19-9-6-10-20(2)27(19)25-17-26(34-29(33-25)35-41-24-14-8-13-22(16-24)28(36)37)39-18-23(15-21-11-7-12-21)32-30(38)40-31(3,4)5/h6,8-10,13-14,16-17,21,23H,7,11-12,15,18H2,1-5H3,(H,32,38)(H,36,37)(H,33,34,35). The van der Waals surface area contributed by atoms with E-state index in [4.69, 9.17) is 14.5 Å². The molecule has 218 valence electrons. The number of hydrogen-bond acceptors (Lipinski definition) is 8. The number of anilines is 1. The Morgan fingerprint density at radius 1 is 1.07 bits per heavy atom. The molecular weight excluding hydrogens is 540 g/mol. The molecule has 1 fully saturated rings. The summed E-state index contributed by atoms with van der Waals surface area (Å²) in [5.74, 6) is 0.239. The van der Waals surface area contributed by atoms with E-state index >= 15 is 0 Å². The van der Waals surface area contributed by atoms with Crippen LogP contribution >= 0.6 is 11.9 Å². The van der Waals surface area contributed by atoms with Gasteiger partial charge in [0.1, 0.15) is 12.2 Å². The summed E-state index contributed by atoms with van der Waals surface area (Å²) in [6, 6.07) is 14.3. The Morgan fingerprint density at radius 2 is 1.78 bits per heavy atom. The van der Waals surface area contributed by atoms with Crippen molar-refractivity contribution in [3.63, 3.8) is 0 Å². The molecule has 9 nitrogen and oxygen atoms in total. The van der Waals surface area contributed by atoms with Crippen molar-refractivity contribution < 1.29 is 24.2 Å². The lowest BCUT2D eigenvalue weighted by atomic mass is 9.81. The van der Waals surface area contributed by atoms with Crippen LogP contribution in [0.4, 0.5) is 10.7 Å². The van der Waals surface area contributed by atoms with Crippen LogP contribution in [-0.4, -0.2) is 45.4 Å². The molecule has 1 atom stereocenters. The van der Waals surface area contributed by atoms with E-state index in [-0.39, 0.29) is 18.2 Å². The molecule has 2 aromatic carbocycles. The molecule has 0 spiro atoms. The third-order valence-corrected chi connectivity index (χ3v) is 7.55. The average Bonchev–Trinajstić information content (AvgIpc) is 2.87. The highest BCUT2D eigenvalue weighted by atomic mass is 32.2. The van der Waals surface area contributed by atoms with E-state index in [2.05, 4.69) is 15.0 Å². The highest BCUT2D eigenvalue weighted by Gasteiger charge is 2.26. The molecule has 0 aliphatic heterocycles. The molecule has 3 aromatic rings. The SMILES string of the molecule is Cc1cccc(C)c1-c1cc(OCC(CC2CCC2)NC(=O)OC(C)(C)C)nc(NSc2cccc(C(=O)O)c2)n1. The lowest BCUT2D eigenvalue weighted by Crippen LogP contribution is -2.43. The van der Waals surface area contributed by atoms with Gasteiger partial charge in [-0.2, -0.15) is 4.98 Å². The molecular formula is C31H38N4O5S. The third kappa shape index (κ3) is 8.85. The molecule has 4 rings (SSSR count). The molecule has 1 saturated carbocycles. The number of aromatic nitrogens is 2. The smallest absolute Gasteiger partial charge is 0.407 e. The third-order valence-electron chi connectivity index (χ3n) is 6.78.